The zero-order chi connectivity index (χ0) is 15.0. The molecule has 1 aromatic carbocycles. The van der Waals surface area contributed by atoms with Gasteiger partial charge < -0.3 is 15.2 Å². The lowest BCUT2D eigenvalue weighted by molar-refractivity contribution is 0.439. The van der Waals surface area contributed by atoms with Gasteiger partial charge in [0, 0.05) is 18.5 Å². The van der Waals surface area contributed by atoms with Crippen LogP contribution >= 0.6 is 23.2 Å². The molecule has 0 amide bonds. The summed E-state index contributed by atoms with van der Waals surface area (Å²) in [4.78, 5) is 14.8. The Morgan fingerprint density at radius 3 is 2.71 bits per heavy atom. The van der Waals surface area contributed by atoms with E-state index in [-0.39, 0.29) is 11.3 Å². The highest BCUT2D eigenvalue weighted by atomic mass is 35.5. The molecule has 106 valence electrons. The number of H-pyrrole nitrogens is 1. The Kier molecular flexibility index (Phi) is 3.45. The van der Waals surface area contributed by atoms with Crippen LogP contribution in [0.3, 0.4) is 0 Å². The predicted molar refractivity (Wildman–Crippen MR) is 82.4 cm³/mol. The van der Waals surface area contributed by atoms with Crippen molar-refractivity contribution < 1.29 is 4.52 Å². The van der Waals surface area contributed by atoms with Crippen LogP contribution in [0.15, 0.2) is 46.0 Å². The Balaban J connectivity index is 2.25. The summed E-state index contributed by atoms with van der Waals surface area (Å²) >= 11 is 11.9. The number of halogens is 2. The van der Waals surface area contributed by atoms with Gasteiger partial charge in [-0.25, -0.2) is 0 Å². The van der Waals surface area contributed by atoms with E-state index in [2.05, 4.69) is 10.1 Å². The third-order valence-corrected chi connectivity index (χ3v) is 3.74. The maximum atomic E-state index is 11.9. The number of nitrogen functional groups attached to an aromatic ring is 1. The summed E-state index contributed by atoms with van der Waals surface area (Å²) in [5, 5.41) is 4.68. The molecule has 0 fully saturated rings. The zero-order valence-corrected chi connectivity index (χ0v) is 12.1. The van der Waals surface area contributed by atoms with Gasteiger partial charge in [-0.2, -0.15) is 0 Å². The molecular weight excluding hydrogens is 313 g/mol. The number of nitrogens with two attached hydrogens (primary N) is 1. The summed E-state index contributed by atoms with van der Waals surface area (Å²) in [6.07, 6.45) is 3.08. The summed E-state index contributed by atoms with van der Waals surface area (Å²) in [7, 11) is 0. The molecule has 3 aromatic rings. The van der Waals surface area contributed by atoms with Crippen LogP contribution in [0.2, 0.25) is 10.0 Å². The quantitative estimate of drug-likeness (QED) is 0.755. The smallest absolute Gasteiger partial charge is 0.230 e. The molecule has 0 bridgehead atoms. The average molecular weight is 322 g/mol. The van der Waals surface area contributed by atoms with Gasteiger partial charge in [-0.05, 0) is 17.7 Å². The number of aromatic nitrogens is 2. The summed E-state index contributed by atoms with van der Waals surface area (Å²) in [5.74, 6) is 0.103. The lowest BCUT2D eigenvalue weighted by Crippen LogP contribution is -2.03. The number of nitrogens with one attached hydrogen (secondary N) is 1. The molecule has 5 nitrogen and oxygen atoms in total. The SMILES string of the molecule is Nc1onc(-c2c[nH]ccc2=O)c1-c1ccc(Cl)c(Cl)c1. The van der Waals surface area contributed by atoms with Gasteiger partial charge in [0.2, 0.25) is 5.88 Å². The van der Waals surface area contributed by atoms with Crippen molar-refractivity contribution in [3.05, 3.63) is 56.9 Å². The van der Waals surface area contributed by atoms with Crippen molar-refractivity contribution in [3.63, 3.8) is 0 Å². The number of hydrogen-bond donors (Lipinski definition) is 2. The maximum Gasteiger partial charge on any atom is 0.230 e. The van der Waals surface area contributed by atoms with Crippen LogP contribution in [-0.4, -0.2) is 10.1 Å². The summed E-state index contributed by atoms with van der Waals surface area (Å²) < 4.78 is 5.03. The molecule has 7 heteroatoms. The first-order chi connectivity index (χ1) is 10.1. The number of rotatable bonds is 2. The van der Waals surface area contributed by atoms with Gasteiger partial charge in [0.15, 0.2) is 5.43 Å². The Morgan fingerprint density at radius 1 is 1.19 bits per heavy atom. The molecule has 0 saturated carbocycles. The summed E-state index contributed by atoms with van der Waals surface area (Å²) in [6.45, 7) is 0. The van der Waals surface area contributed by atoms with E-state index in [9.17, 15) is 4.79 Å². The lowest BCUT2D eigenvalue weighted by Gasteiger charge is -2.04. The largest absolute Gasteiger partial charge is 0.367 e. The number of nitrogens with zero attached hydrogens (tertiary/aromatic N) is 1. The van der Waals surface area contributed by atoms with Gasteiger partial charge in [-0.1, -0.05) is 34.4 Å². The molecule has 0 spiro atoms. The molecular formula is C14H9Cl2N3O2. The van der Waals surface area contributed by atoms with Crippen molar-refractivity contribution >= 4 is 29.1 Å². The number of anilines is 1. The van der Waals surface area contributed by atoms with Gasteiger partial charge in [0.05, 0.1) is 21.2 Å². The van der Waals surface area contributed by atoms with E-state index < -0.39 is 0 Å². The molecule has 0 aliphatic rings. The second-order valence-corrected chi connectivity index (χ2v) is 5.14. The first-order valence-electron chi connectivity index (χ1n) is 5.96. The molecule has 0 saturated heterocycles. The van der Waals surface area contributed by atoms with Crippen LogP contribution in [0.25, 0.3) is 22.4 Å². The second kappa shape index (κ2) is 5.27. The minimum atomic E-state index is -0.191. The molecule has 0 atom stereocenters. The highest BCUT2D eigenvalue weighted by Crippen LogP contribution is 2.37. The van der Waals surface area contributed by atoms with E-state index in [4.69, 9.17) is 33.5 Å². The molecule has 21 heavy (non-hydrogen) atoms. The van der Waals surface area contributed by atoms with Crippen LogP contribution in [0.1, 0.15) is 0 Å². The van der Waals surface area contributed by atoms with E-state index in [1.54, 1.807) is 24.4 Å². The summed E-state index contributed by atoms with van der Waals surface area (Å²) in [5.41, 5.74) is 7.53. The Labute approximate surface area is 129 Å². The van der Waals surface area contributed by atoms with E-state index in [0.717, 1.165) is 0 Å². The van der Waals surface area contributed by atoms with Crippen molar-refractivity contribution in [2.45, 2.75) is 0 Å². The topological polar surface area (TPSA) is 84.9 Å². The molecule has 0 aliphatic carbocycles. The van der Waals surface area contributed by atoms with E-state index >= 15 is 0 Å². The van der Waals surface area contributed by atoms with Gasteiger partial charge in [0.25, 0.3) is 0 Å². The number of pyridine rings is 1. The predicted octanol–water partition coefficient (Wildman–Crippen LogP) is 3.59. The van der Waals surface area contributed by atoms with Crippen LogP contribution in [-0.2, 0) is 0 Å². The van der Waals surface area contributed by atoms with Crippen molar-refractivity contribution in [1.82, 2.24) is 10.1 Å². The third-order valence-electron chi connectivity index (χ3n) is 3.01. The van der Waals surface area contributed by atoms with Gasteiger partial charge in [0.1, 0.15) is 5.69 Å². The Hall–Kier alpha value is -2.24. The van der Waals surface area contributed by atoms with Crippen molar-refractivity contribution in [2.24, 2.45) is 0 Å². The molecule has 0 unspecified atom stereocenters. The highest BCUT2D eigenvalue weighted by molar-refractivity contribution is 6.42. The van der Waals surface area contributed by atoms with Crippen molar-refractivity contribution in [3.8, 4) is 22.4 Å². The van der Waals surface area contributed by atoms with Crippen LogP contribution in [0.4, 0.5) is 5.88 Å². The van der Waals surface area contributed by atoms with E-state index in [0.29, 0.717) is 32.4 Å². The first-order valence-corrected chi connectivity index (χ1v) is 6.71. The Bertz CT molecular complexity index is 871. The molecule has 0 radical (unpaired) electrons. The molecule has 2 heterocycles. The third kappa shape index (κ3) is 2.41. The number of hydrogen-bond acceptors (Lipinski definition) is 4. The molecule has 3 N–H and O–H groups in total. The fraction of sp³-hybridized carbons (Fsp3) is 0. The first kappa shape index (κ1) is 13.7. The van der Waals surface area contributed by atoms with E-state index in [1.165, 1.54) is 12.3 Å². The van der Waals surface area contributed by atoms with Crippen molar-refractivity contribution in [1.29, 1.82) is 0 Å². The summed E-state index contributed by atoms with van der Waals surface area (Å²) in [6, 6.07) is 6.43. The van der Waals surface area contributed by atoms with Crippen LogP contribution in [0, 0.1) is 0 Å². The van der Waals surface area contributed by atoms with Gasteiger partial charge in [-0.15, -0.1) is 0 Å². The number of benzene rings is 1. The second-order valence-electron chi connectivity index (χ2n) is 4.32. The standard InChI is InChI=1S/C14H9Cl2N3O2/c15-9-2-1-7(5-10(9)16)12-13(19-21-14(12)17)8-6-18-4-3-11(8)20/h1-6H,17H2,(H,18,20). The van der Waals surface area contributed by atoms with Crippen LogP contribution < -0.4 is 11.2 Å². The van der Waals surface area contributed by atoms with Gasteiger partial charge >= 0.3 is 0 Å². The van der Waals surface area contributed by atoms with Crippen molar-refractivity contribution in [2.75, 3.05) is 5.73 Å². The lowest BCUT2D eigenvalue weighted by atomic mass is 10.0. The molecule has 2 aromatic heterocycles. The van der Waals surface area contributed by atoms with Crippen LogP contribution in [0.5, 0.6) is 0 Å². The minimum absolute atomic E-state index is 0.103. The highest BCUT2D eigenvalue weighted by Gasteiger charge is 2.19. The average Bonchev–Trinajstić information content (AvgIpc) is 2.84. The monoisotopic (exact) mass is 321 g/mol. The van der Waals surface area contributed by atoms with E-state index in [1.807, 2.05) is 0 Å². The maximum absolute atomic E-state index is 11.9. The fourth-order valence-corrected chi connectivity index (χ4v) is 2.32. The fourth-order valence-electron chi connectivity index (χ4n) is 2.02. The number of aromatic amines is 1. The zero-order valence-electron chi connectivity index (χ0n) is 10.6. The molecule has 3 rings (SSSR count). The van der Waals surface area contributed by atoms with Gasteiger partial charge in [-0.3, -0.25) is 4.79 Å². The Morgan fingerprint density at radius 2 is 2.00 bits per heavy atom. The minimum Gasteiger partial charge on any atom is -0.367 e. The molecule has 0 aliphatic heterocycles. The normalized spacial score (nSPS) is 10.8.